The first-order valence-corrected chi connectivity index (χ1v) is 4.49. The Morgan fingerprint density at radius 2 is 2.36 bits per heavy atom. The second kappa shape index (κ2) is 3.67. The molecule has 14 heavy (non-hydrogen) atoms. The van der Waals surface area contributed by atoms with Crippen molar-refractivity contribution in [1.29, 1.82) is 0 Å². The topological polar surface area (TPSA) is 61.3 Å². The summed E-state index contributed by atoms with van der Waals surface area (Å²) < 4.78 is 10.7. The predicted octanol–water partition coefficient (Wildman–Crippen LogP) is 1.47. The van der Waals surface area contributed by atoms with Crippen LogP contribution in [-0.4, -0.2) is 18.1 Å². The summed E-state index contributed by atoms with van der Waals surface area (Å²) in [5, 5.41) is 0. The van der Waals surface area contributed by atoms with Crippen LogP contribution in [0.4, 0.5) is 0 Å². The zero-order chi connectivity index (χ0) is 9.97. The number of hydrogen-bond donors (Lipinski definition) is 1. The molecule has 0 spiro atoms. The minimum absolute atomic E-state index is 0.510. The van der Waals surface area contributed by atoms with Crippen molar-refractivity contribution in [2.45, 2.75) is 6.92 Å². The van der Waals surface area contributed by atoms with Gasteiger partial charge >= 0.3 is 0 Å². The molecule has 0 unspecified atom stereocenters. The molecule has 4 nitrogen and oxygen atoms in total. The van der Waals surface area contributed by atoms with Gasteiger partial charge in [0.2, 0.25) is 0 Å². The molecule has 4 heteroatoms. The van der Waals surface area contributed by atoms with Crippen LogP contribution in [0.15, 0.2) is 22.6 Å². The van der Waals surface area contributed by atoms with Gasteiger partial charge in [0.1, 0.15) is 17.9 Å². The van der Waals surface area contributed by atoms with Gasteiger partial charge in [0, 0.05) is 19.5 Å². The molecule has 0 saturated heterocycles. The molecule has 0 atom stereocenters. The van der Waals surface area contributed by atoms with E-state index in [1.807, 2.05) is 25.1 Å². The molecule has 0 aliphatic rings. The van der Waals surface area contributed by atoms with Crippen molar-refractivity contribution in [3.05, 3.63) is 24.1 Å². The third kappa shape index (κ3) is 1.70. The number of nitrogens with zero attached hydrogens (tertiary/aromatic N) is 1. The lowest BCUT2D eigenvalue weighted by molar-refractivity contribution is 0.328. The zero-order valence-corrected chi connectivity index (χ0v) is 7.99. The normalized spacial score (nSPS) is 10.7. The van der Waals surface area contributed by atoms with Gasteiger partial charge in [0.15, 0.2) is 11.5 Å². The van der Waals surface area contributed by atoms with E-state index in [0.29, 0.717) is 19.0 Å². The van der Waals surface area contributed by atoms with Crippen molar-refractivity contribution >= 4 is 11.1 Å². The molecule has 74 valence electrons. The van der Waals surface area contributed by atoms with Gasteiger partial charge in [-0.1, -0.05) is 0 Å². The van der Waals surface area contributed by atoms with E-state index in [4.69, 9.17) is 14.9 Å². The fourth-order valence-electron chi connectivity index (χ4n) is 1.29. The Morgan fingerprint density at radius 1 is 1.50 bits per heavy atom. The van der Waals surface area contributed by atoms with Gasteiger partial charge in [-0.15, -0.1) is 0 Å². The van der Waals surface area contributed by atoms with Crippen LogP contribution in [0.3, 0.4) is 0 Å². The molecule has 2 N–H and O–H groups in total. The highest BCUT2D eigenvalue weighted by Crippen LogP contribution is 2.20. The highest BCUT2D eigenvalue weighted by molar-refractivity contribution is 5.74. The average molecular weight is 192 g/mol. The van der Waals surface area contributed by atoms with Crippen LogP contribution in [0, 0.1) is 6.92 Å². The lowest BCUT2D eigenvalue weighted by Crippen LogP contribution is -2.10. The molecule has 1 heterocycles. The quantitative estimate of drug-likeness (QED) is 0.800. The van der Waals surface area contributed by atoms with Gasteiger partial charge in [-0.05, 0) is 12.1 Å². The van der Waals surface area contributed by atoms with Gasteiger partial charge in [-0.3, -0.25) is 0 Å². The first kappa shape index (κ1) is 9.02. The maximum Gasteiger partial charge on any atom is 0.192 e. The number of benzene rings is 1. The SMILES string of the molecule is Cc1nc2cc(OCCN)ccc2o1. The standard InChI is InChI=1S/C10H12N2O2/c1-7-12-9-6-8(13-5-4-11)2-3-10(9)14-7/h2-3,6H,4-5,11H2,1H3. The number of rotatable bonds is 3. The molecule has 2 rings (SSSR count). The Labute approximate surface area is 81.7 Å². The number of fused-ring (bicyclic) bond motifs is 1. The Morgan fingerprint density at radius 3 is 3.14 bits per heavy atom. The summed E-state index contributed by atoms with van der Waals surface area (Å²) in [7, 11) is 0. The van der Waals surface area contributed by atoms with E-state index >= 15 is 0 Å². The van der Waals surface area contributed by atoms with E-state index in [-0.39, 0.29) is 0 Å². The average Bonchev–Trinajstić information content (AvgIpc) is 2.54. The predicted molar refractivity (Wildman–Crippen MR) is 53.3 cm³/mol. The largest absolute Gasteiger partial charge is 0.492 e. The van der Waals surface area contributed by atoms with Crippen molar-refractivity contribution in [3.63, 3.8) is 0 Å². The van der Waals surface area contributed by atoms with Crippen LogP contribution in [-0.2, 0) is 0 Å². The summed E-state index contributed by atoms with van der Waals surface area (Å²) in [6, 6.07) is 5.55. The Bertz CT molecular complexity index is 437. The maximum absolute atomic E-state index is 5.37. The third-order valence-corrected chi connectivity index (χ3v) is 1.85. The monoisotopic (exact) mass is 192 g/mol. The van der Waals surface area contributed by atoms with Crippen LogP contribution in [0.1, 0.15) is 5.89 Å². The van der Waals surface area contributed by atoms with Gasteiger partial charge in [0.25, 0.3) is 0 Å². The van der Waals surface area contributed by atoms with E-state index in [1.165, 1.54) is 0 Å². The number of nitrogens with two attached hydrogens (primary N) is 1. The second-order valence-corrected chi connectivity index (χ2v) is 3.00. The summed E-state index contributed by atoms with van der Waals surface area (Å²) in [6.45, 7) is 2.85. The number of hydrogen-bond acceptors (Lipinski definition) is 4. The van der Waals surface area contributed by atoms with Crippen LogP contribution in [0.25, 0.3) is 11.1 Å². The van der Waals surface area contributed by atoms with E-state index < -0.39 is 0 Å². The first-order valence-electron chi connectivity index (χ1n) is 4.49. The minimum atomic E-state index is 0.510. The van der Waals surface area contributed by atoms with Crippen LogP contribution in [0.5, 0.6) is 5.75 Å². The van der Waals surface area contributed by atoms with E-state index in [0.717, 1.165) is 16.8 Å². The van der Waals surface area contributed by atoms with E-state index in [2.05, 4.69) is 4.98 Å². The Balaban J connectivity index is 2.31. The maximum atomic E-state index is 5.37. The molecule has 0 bridgehead atoms. The van der Waals surface area contributed by atoms with Crippen molar-refractivity contribution in [1.82, 2.24) is 4.98 Å². The number of aryl methyl sites for hydroxylation is 1. The van der Waals surface area contributed by atoms with Gasteiger partial charge in [0.05, 0.1) is 0 Å². The van der Waals surface area contributed by atoms with Crippen LogP contribution < -0.4 is 10.5 Å². The molecule has 1 aromatic heterocycles. The molecule has 0 amide bonds. The lowest BCUT2D eigenvalue weighted by atomic mass is 10.3. The van der Waals surface area contributed by atoms with Crippen LogP contribution in [0.2, 0.25) is 0 Å². The van der Waals surface area contributed by atoms with Crippen molar-refractivity contribution in [2.75, 3.05) is 13.2 Å². The van der Waals surface area contributed by atoms with Crippen molar-refractivity contribution < 1.29 is 9.15 Å². The fourth-order valence-corrected chi connectivity index (χ4v) is 1.29. The van der Waals surface area contributed by atoms with Gasteiger partial charge in [-0.25, -0.2) is 4.98 Å². The molecular weight excluding hydrogens is 180 g/mol. The summed E-state index contributed by atoms with van der Waals surface area (Å²) in [6.07, 6.45) is 0. The van der Waals surface area contributed by atoms with Crippen molar-refractivity contribution in [3.8, 4) is 5.75 Å². The fraction of sp³-hybridized carbons (Fsp3) is 0.300. The zero-order valence-electron chi connectivity index (χ0n) is 7.99. The molecule has 0 saturated carbocycles. The molecule has 0 aliphatic heterocycles. The summed E-state index contributed by atoms with van der Waals surface area (Å²) in [5.41, 5.74) is 6.93. The van der Waals surface area contributed by atoms with Gasteiger partial charge in [-0.2, -0.15) is 0 Å². The number of aromatic nitrogens is 1. The second-order valence-electron chi connectivity index (χ2n) is 3.00. The summed E-state index contributed by atoms with van der Waals surface area (Å²) >= 11 is 0. The van der Waals surface area contributed by atoms with Crippen molar-refractivity contribution in [2.24, 2.45) is 5.73 Å². The third-order valence-electron chi connectivity index (χ3n) is 1.85. The molecule has 0 aliphatic carbocycles. The van der Waals surface area contributed by atoms with E-state index in [9.17, 15) is 0 Å². The van der Waals surface area contributed by atoms with Crippen LogP contribution >= 0.6 is 0 Å². The highest BCUT2D eigenvalue weighted by atomic mass is 16.5. The summed E-state index contributed by atoms with van der Waals surface area (Å²) in [5.74, 6) is 1.44. The molecular formula is C10H12N2O2. The van der Waals surface area contributed by atoms with Gasteiger partial charge < -0.3 is 14.9 Å². The molecule has 2 aromatic rings. The molecule has 0 fully saturated rings. The Kier molecular flexibility index (Phi) is 2.37. The van der Waals surface area contributed by atoms with E-state index in [1.54, 1.807) is 0 Å². The lowest BCUT2D eigenvalue weighted by Gasteiger charge is -2.02. The first-order chi connectivity index (χ1) is 6.79. The summed E-state index contributed by atoms with van der Waals surface area (Å²) in [4.78, 5) is 4.20. The Hall–Kier alpha value is -1.55. The highest BCUT2D eigenvalue weighted by Gasteiger charge is 2.02. The molecule has 1 aromatic carbocycles. The number of ether oxygens (including phenoxy) is 1. The minimum Gasteiger partial charge on any atom is -0.492 e. The molecule has 0 radical (unpaired) electrons. The smallest absolute Gasteiger partial charge is 0.192 e. The number of oxazole rings is 1.